The van der Waals surface area contributed by atoms with Crippen LogP contribution in [-0.4, -0.2) is 40.8 Å². The van der Waals surface area contributed by atoms with E-state index in [0.717, 1.165) is 5.56 Å². The second-order valence-electron chi connectivity index (χ2n) is 8.26. The first-order valence-corrected chi connectivity index (χ1v) is 11.6. The summed E-state index contributed by atoms with van der Waals surface area (Å²) >= 11 is 0. The molecule has 0 bridgehead atoms. The zero-order valence-corrected chi connectivity index (χ0v) is 20.6. The lowest BCUT2D eigenvalue weighted by Crippen LogP contribution is -2.47. The van der Waals surface area contributed by atoms with Crippen molar-refractivity contribution >= 4 is 29.3 Å². The smallest absolute Gasteiger partial charge is 0.408 e. The molecule has 190 valence electrons. The van der Waals surface area contributed by atoms with Gasteiger partial charge in [-0.05, 0) is 35.7 Å². The predicted molar refractivity (Wildman–Crippen MR) is 135 cm³/mol. The lowest BCUT2D eigenvalue weighted by Gasteiger charge is -2.23. The third-order valence-electron chi connectivity index (χ3n) is 5.56. The lowest BCUT2D eigenvalue weighted by molar-refractivity contribution is -0.119. The van der Waals surface area contributed by atoms with Crippen LogP contribution in [-0.2, 0) is 27.5 Å². The molecule has 3 aromatic rings. The summed E-state index contributed by atoms with van der Waals surface area (Å²) in [5.74, 6) is -0.126. The number of ether oxygens (including phenoxy) is 2. The van der Waals surface area contributed by atoms with E-state index < -0.39 is 18.0 Å². The molecule has 2 atom stereocenters. The van der Waals surface area contributed by atoms with E-state index in [1.54, 1.807) is 37.6 Å². The number of alkyl carbamates (subject to hydrolysis) is 1. The number of aromatic nitrogens is 2. The zero-order valence-electron chi connectivity index (χ0n) is 20.6. The van der Waals surface area contributed by atoms with Crippen molar-refractivity contribution in [2.24, 2.45) is 5.92 Å². The van der Waals surface area contributed by atoms with E-state index in [1.165, 1.54) is 10.9 Å². The molecule has 1 heterocycles. The summed E-state index contributed by atoms with van der Waals surface area (Å²) in [6, 6.07) is 15.4. The Labute approximate surface area is 210 Å². The van der Waals surface area contributed by atoms with Gasteiger partial charge in [0.2, 0.25) is 11.8 Å². The Hall–Kier alpha value is -4.34. The van der Waals surface area contributed by atoms with Gasteiger partial charge in [-0.1, -0.05) is 50.6 Å². The maximum atomic E-state index is 12.9. The number of nitrogens with zero attached hydrogens (tertiary/aromatic N) is 2. The van der Waals surface area contributed by atoms with Crippen LogP contribution in [0.2, 0.25) is 0 Å². The fourth-order valence-electron chi connectivity index (χ4n) is 3.35. The fourth-order valence-corrected chi connectivity index (χ4v) is 3.35. The fraction of sp³-hybridized carbons (Fsp3) is 0.308. The third kappa shape index (κ3) is 7.86. The van der Waals surface area contributed by atoms with Crippen LogP contribution in [0.15, 0.2) is 67.0 Å². The van der Waals surface area contributed by atoms with Crippen molar-refractivity contribution in [1.29, 1.82) is 0 Å². The van der Waals surface area contributed by atoms with E-state index in [0.29, 0.717) is 23.5 Å². The molecule has 3 N–H and O–H groups in total. The van der Waals surface area contributed by atoms with Gasteiger partial charge in [-0.3, -0.25) is 14.3 Å². The van der Waals surface area contributed by atoms with Crippen LogP contribution in [0, 0.1) is 5.92 Å². The monoisotopic (exact) mass is 493 g/mol. The molecule has 0 aliphatic carbocycles. The van der Waals surface area contributed by atoms with Crippen LogP contribution in [0.3, 0.4) is 0 Å². The normalized spacial score (nSPS) is 12.2. The minimum absolute atomic E-state index is 0.0409. The Morgan fingerprint density at radius 2 is 1.72 bits per heavy atom. The van der Waals surface area contributed by atoms with Gasteiger partial charge in [-0.2, -0.15) is 5.10 Å². The van der Waals surface area contributed by atoms with Crippen LogP contribution >= 0.6 is 0 Å². The van der Waals surface area contributed by atoms with Crippen LogP contribution in [0.1, 0.15) is 25.8 Å². The number of anilines is 2. The summed E-state index contributed by atoms with van der Waals surface area (Å²) in [4.78, 5) is 37.6. The van der Waals surface area contributed by atoms with Crippen LogP contribution in [0.4, 0.5) is 16.2 Å². The molecule has 0 radical (unpaired) electrons. The number of hydrogen-bond donors (Lipinski definition) is 3. The summed E-state index contributed by atoms with van der Waals surface area (Å²) in [6.07, 6.45) is 2.99. The lowest BCUT2D eigenvalue weighted by atomic mass is 9.98. The van der Waals surface area contributed by atoms with Gasteiger partial charge >= 0.3 is 6.09 Å². The molecular weight excluding hydrogens is 462 g/mol. The summed E-state index contributed by atoms with van der Waals surface area (Å²) in [6.45, 7) is 3.86. The highest BCUT2D eigenvalue weighted by Gasteiger charge is 2.27. The first-order valence-electron chi connectivity index (χ1n) is 11.6. The van der Waals surface area contributed by atoms with Gasteiger partial charge in [0.15, 0.2) is 0 Å². The number of carbonyl (C=O) groups excluding carboxylic acids is 3. The van der Waals surface area contributed by atoms with Crippen molar-refractivity contribution in [3.8, 4) is 5.75 Å². The topological polar surface area (TPSA) is 124 Å². The van der Waals surface area contributed by atoms with Gasteiger partial charge in [-0.15, -0.1) is 0 Å². The van der Waals surface area contributed by atoms with Crippen molar-refractivity contribution in [2.75, 3.05) is 17.7 Å². The summed E-state index contributed by atoms with van der Waals surface area (Å²) in [5.41, 5.74) is 1.88. The molecular formula is C26H31N5O5. The molecule has 3 rings (SSSR count). The van der Waals surface area contributed by atoms with Crippen molar-refractivity contribution in [2.45, 2.75) is 39.5 Å². The van der Waals surface area contributed by atoms with Crippen molar-refractivity contribution in [1.82, 2.24) is 15.1 Å². The second-order valence-corrected chi connectivity index (χ2v) is 8.26. The SMILES string of the molecule is CC[C@H](C)[C@H](NC(=O)OCc1ccccc1)C(=O)Nc1cnn(CC(=O)Nc2ccc(OC)cc2)c1. The number of nitrogens with one attached hydrogen (secondary N) is 3. The van der Waals surface area contributed by atoms with Crippen molar-refractivity contribution in [3.63, 3.8) is 0 Å². The van der Waals surface area contributed by atoms with Crippen molar-refractivity contribution in [3.05, 3.63) is 72.6 Å². The third-order valence-corrected chi connectivity index (χ3v) is 5.56. The summed E-state index contributed by atoms with van der Waals surface area (Å²) in [7, 11) is 1.57. The quantitative estimate of drug-likeness (QED) is 0.373. The van der Waals surface area contributed by atoms with Gasteiger partial charge < -0.3 is 25.4 Å². The van der Waals surface area contributed by atoms with E-state index in [4.69, 9.17) is 9.47 Å². The van der Waals surface area contributed by atoms with Crippen LogP contribution in [0.25, 0.3) is 0 Å². The number of benzene rings is 2. The average Bonchev–Trinajstić information content (AvgIpc) is 3.32. The molecule has 0 spiro atoms. The van der Waals surface area contributed by atoms with E-state index in [-0.39, 0.29) is 25.0 Å². The van der Waals surface area contributed by atoms with Gasteiger partial charge in [0.1, 0.15) is 24.9 Å². The zero-order chi connectivity index (χ0) is 25.9. The van der Waals surface area contributed by atoms with Crippen molar-refractivity contribution < 1.29 is 23.9 Å². The van der Waals surface area contributed by atoms with E-state index in [2.05, 4.69) is 21.0 Å². The van der Waals surface area contributed by atoms with Crippen LogP contribution in [0.5, 0.6) is 5.75 Å². The minimum atomic E-state index is -0.806. The highest BCUT2D eigenvalue weighted by molar-refractivity contribution is 5.96. The molecule has 2 aromatic carbocycles. The standard InChI is InChI=1S/C26H31N5O5/c1-4-18(2)24(30-26(34)36-17-19-8-6-5-7-9-19)25(33)29-21-14-27-31(15-21)16-23(32)28-20-10-12-22(35-3)13-11-20/h5-15,18,24H,4,16-17H2,1-3H3,(H,28,32)(H,29,33)(H,30,34)/t18-,24-/m0/s1. The summed E-state index contributed by atoms with van der Waals surface area (Å²) < 4.78 is 11.8. The molecule has 3 amide bonds. The number of carbonyl (C=O) groups is 3. The predicted octanol–water partition coefficient (Wildman–Crippen LogP) is 3.81. The first-order chi connectivity index (χ1) is 17.4. The van der Waals surface area contributed by atoms with E-state index in [1.807, 2.05) is 44.2 Å². The molecule has 0 saturated heterocycles. The first kappa shape index (κ1) is 26.3. The van der Waals surface area contributed by atoms with Crippen LogP contribution < -0.4 is 20.7 Å². The van der Waals surface area contributed by atoms with Gasteiger partial charge in [0.25, 0.3) is 0 Å². The number of hydrogen-bond acceptors (Lipinski definition) is 6. The second kappa shape index (κ2) is 12.9. The van der Waals surface area contributed by atoms with Gasteiger partial charge in [0.05, 0.1) is 19.0 Å². The Kier molecular flexibility index (Phi) is 9.44. The molecule has 0 unspecified atom stereocenters. The maximum Gasteiger partial charge on any atom is 0.408 e. The summed E-state index contributed by atoms with van der Waals surface area (Å²) in [5, 5.41) is 12.3. The van der Waals surface area contributed by atoms with E-state index >= 15 is 0 Å². The minimum Gasteiger partial charge on any atom is -0.497 e. The maximum absolute atomic E-state index is 12.9. The number of methoxy groups -OCH3 is 1. The number of rotatable bonds is 11. The molecule has 10 heteroatoms. The molecule has 1 aromatic heterocycles. The Bertz CT molecular complexity index is 1150. The highest BCUT2D eigenvalue weighted by Crippen LogP contribution is 2.16. The molecule has 0 fully saturated rings. The molecule has 36 heavy (non-hydrogen) atoms. The Morgan fingerprint density at radius 3 is 2.39 bits per heavy atom. The number of amides is 3. The molecule has 0 saturated carbocycles. The Balaban J connectivity index is 1.53. The highest BCUT2D eigenvalue weighted by atomic mass is 16.5. The van der Waals surface area contributed by atoms with Gasteiger partial charge in [-0.25, -0.2) is 4.79 Å². The molecule has 0 aliphatic rings. The Morgan fingerprint density at radius 1 is 1.00 bits per heavy atom. The molecule has 10 nitrogen and oxygen atoms in total. The average molecular weight is 494 g/mol. The molecule has 0 aliphatic heterocycles. The largest absolute Gasteiger partial charge is 0.497 e. The van der Waals surface area contributed by atoms with Gasteiger partial charge in [0, 0.05) is 11.9 Å². The van der Waals surface area contributed by atoms with E-state index in [9.17, 15) is 14.4 Å².